The van der Waals surface area contributed by atoms with Crippen LogP contribution in [0.25, 0.3) is 0 Å². The number of carbonyl (C=O) groups excluding carboxylic acids is 1. The lowest BCUT2D eigenvalue weighted by atomic mass is 10.1. The quantitative estimate of drug-likeness (QED) is 0.709. The fourth-order valence-corrected chi connectivity index (χ4v) is 1.87. The van der Waals surface area contributed by atoms with E-state index in [0.717, 1.165) is 0 Å². The Balaban J connectivity index is 2.23. The van der Waals surface area contributed by atoms with Gasteiger partial charge in [0.2, 0.25) is 0 Å². The van der Waals surface area contributed by atoms with Crippen LogP contribution in [0.4, 0.5) is 5.69 Å². The van der Waals surface area contributed by atoms with Gasteiger partial charge in [-0.3, -0.25) is 4.79 Å². The van der Waals surface area contributed by atoms with Crippen LogP contribution in [0.15, 0.2) is 12.1 Å². The number of hydrogen-bond donors (Lipinski definition) is 3. The zero-order valence-corrected chi connectivity index (χ0v) is 9.88. The number of anilines is 1. The molecule has 92 valence electrons. The van der Waals surface area contributed by atoms with E-state index in [1.807, 2.05) is 0 Å². The molecule has 1 aliphatic rings. The van der Waals surface area contributed by atoms with Crippen LogP contribution >= 0.6 is 11.6 Å². The van der Waals surface area contributed by atoms with Crippen LogP contribution in [0.2, 0.25) is 5.02 Å². The predicted molar refractivity (Wildman–Crippen MR) is 64.6 cm³/mol. The Labute approximate surface area is 104 Å². The summed E-state index contributed by atoms with van der Waals surface area (Å²) >= 11 is 6.14. The summed E-state index contributed by atoms with van der Waals surface area (Å²) in [5, 5.41) is 14.7. The number of halogens is 1. The molecule has 17 heavy (non-hydrogen) atoms. The van der Waals surface area contributed by atoms with Crippen LogP contribution in [0.5, 0.6) is 5.75 Å². The van der Waals surface area contributed by atoms with Gasteiger partial charge < -0.3 is 20.5 Å². The van der Waals surface area contributed by atoms with Crippen LogP contribution < -0.4 is 15.4 Å². The van der Waals surface area contributed by atoms with Crippen molar-refractivity contribution in [2.75, 3.05) is 25.2 Å². The third kappa shape index (κ3) is 2.45. The maximum absolute atomic E-state index is 11.5. The molecule has 1 heterocycles. The van der Waals surface area contributed by atoms with Crippen molar-refractivity contribution in [3.8, 4) is 5.75 Å². The third-order valence-electron chi connectivity index (χ3n) is 2.44. The van der Waals surface area contributed by atoms with Crippen LogP contribution in [-0.4, -0.2) is 30.9 Å². The summed E-state index contributed by atoms with van der Waals surface area (Å²) in [7, 11) is 0. The first-order valence-electron chi connectivity index (χ1n) is 5.32. The van der Waals surface area contributed by atoms with Gasteiger partial charge in [-0.2, -0.15) is 0 Å². The molecule has 3 N–H and O–H groups in total. The van der Waals surface area contributed by atoms with Crippen molar-refractivity contribution in [3.05, 3.63) is 22.7 Å². The number of ether oxygens (including phenoxy) is 1. The standard InChI is InChI=1S/C11H13ClN2O3/c12-9-8(13-4-1-5-15)3-2-7-10(9)17-6-14-11(7)16/h2-3,13,15H,1,4-6H2,(H,14,16). The van der Waals surface area contributed by atoms with Crippen molar-refractivity contribution >= 4 is 23.2 Å². The normalized spacial score (nSPS) is 13.6. The smallest absolute Gasteiger partial charge is 0.257 e. The molecule has 0 saturated carbocycles. The van der Waals surface area contributed by atoms with Gasteiger partial charge in [0, 0.05) is 13.2 Å². The molecule has 0 aliphatic carbocycles. The van der Waals surface area contributed by atoms with Crippen molar-refractivity contribution in [1.82, 2.24) is 5.32 Å². The lowest BCUT2D eigenvalue weighted by molar-refractivity contribution is 0.0883. The molecule has 2 rings (SSSR count). The number of nitrogens with one attached hydrogen (secondary N) is 2. The second-order valence-electron chi connectivity index (χ2n) is 3.60. The number of benzene rings is 1. The van der Waals surface area contributed by atoms with E-state index in [9.17, 15) is 4.79 Å². The molecule has 1 amide bonds. The Morgan fingerprint density at radius 1 is 1.53 bits per heavy atom. The minimum Gasteiger partial charge on any atom is -0.471 e. The molecule has 0 aromatic heterocycles. The summed E-state index contributed by atoms with van der Waals surface area (Å²) < 4.78 is 5.32. The Kier molecular flexibility index (Phi) is 3.71. The van der Waals surface area contributed by atoms with E-state index < -0.39 is 0 Å². The fraction of sp³-hybridized carbons (Fsp3) is 0.364. The summed E-state index contributed by atoms with van der Waals surface area (Å²) in [4.78, 5) is 11.5. The molecule has 0 saturated heterocycles. The number of aliphatic hydroxyl groups excluding tert-OH is 1. The summed E-state index contributed by atoms with van der Waals surface area (Å²) in [6.45, 7) is 0.862. The van der Waals surface area contributed by atoms with Crippen molar-refractivity contribution < 1.29 is 14.6 Å². The molecule has 0 fully saturated rings. The molecule has 0 atom stereocenters. The Bertz CT molecular complexity index is 437. The largest absolute Gasteiger partial charge is 0.471 e. The Hall–Kier alpha value is -1.46. The molecule has 1 aromatic rings. The first-order chi connectivity index (χ1) is 8.24. The lowest BCUT2D eigenvalue weighted by Crippen LogP contribution is -2.33. The van der Waals surface area contributed by atoms with Gasteiger partial charge >= 0.3 is 0 Å². The number of fused-ring (bicyclic) bond motifs is 1. The highest BCUT2D eigenvalue weighted by atomic mass is 35.5. The van der Waals surface area contributed by atoms with Crippen molar-refractivity contribution in [2.24, 2.45) is 0 Å². The zero-order valence-electron chi connectivity index (χ0n) is 9.12. The number of hydrogen-bond acceptors (Lipinski definition) is 4. The fourth-order valence-electron chi connectivity index (χ4n) is 1.58. The lowest BCUT2D eigenvalue weighted by Gasteiger charge is -2.20. The molecule has 0 bridgehead atoms. The van der Waals surface area contributed by atoms with E-state index in [-0.39, 0.29) is 19.2 Å². The van der Waals surface area contributed by atoms with Gasteiger partial charge in [0.05, 0.1) is 11.3 Å². The number of aliphatic hydroxyl groups is 1. The molecule has 5 nitrogen and oxygen atoms in total. The summed E-state index contributed by atoms with van der Waals surface area (Å²) in [6.07, 6.45) is 0.634. The minimum atomic E-state index is -0.185. The van der Waals surface area contributed by atoms with E-state index in [0.29, 0.717) is 35.0 Å². The van der Waals surface area contributed by atoms with E-state index in [4.69, 9.17) is 21.4 Å². The van der Waals surface area contributed by atoms with Crippen LogP contribution in [0, 0.1) is 0 Å². The average molecular weight is 257 g/mol. The third-order valence-corrected chi connectivity index (χ3v) is 2.82. The molecular weight excluding hydrogens is 244 g/mol. The van der Waals surface area contributed by atoms with Gasteiger partial charge in [-0.25, -0.2) is 0 Å². The molecule has 1 aromatic carbocycles. The Morgan fingerprint density at radius 2 is 2.35 bits per heavy atom. The van der Waals surface area contributed by atoms with Crippen LogP contribution in [0.1, 0.15) is 16.8 Å². The molecular formula is C11H13ClN2O3. The van der Waals surface area contributed by atoms with E-state index in [2.05, 4.69) is 10.6 Å². The summed E-state index contributed by atoms with van der Waals surface area (Å²) in [5.41, 5.74) is 1.14. The second kappa shape index (κ2) is 5.25. The Morgan fingerprint density at radius 3 is 3.12 bits per heavy atom. The molecule has 6 heteroatoms. The van der Waals surface area contributed by atoms with E-state index in [1.54, 1.807) is 12.1 Å². The van der Waals surface area contributed by atoms with E-state index in [1.165, 1.54) is 0 Å². The first-order valence-corrected chi connectivity index (χ1v) is 5.70. The number of carbonyl (C=O) groups is 1. The minimum absolute atomic E-state index is 0.120. The highest BCUT2D eigenvalue weighted by molar-refractivity contribution is 6.35. The first kappa shape index (κ1) is 12.0. The summed E-state index contributed by atoms with van der Waals surface area (Å²) in [5.74, 6) is 0.222. The maximum Gasteiger partial charge on any atom is 0.257 e. The maximum atomic E-state index is 11.5. The molecule has 0 radical (unpaired) electrons. The monoisotopic (exact) mass is 256 g/mol. The van der Waals surface area contributed by atoms with Gasteiger partial charge in [-0.15, -0.1) is 0 Å². The van der Waals surface area contributed by atoms with Crippen LogP contribution in [-0.2, 0) is 0 Å². The SMILES string of the molecule is O=C1NCOc2c1ccc(NCCCO)c2Cl. The van der Waals surface area contributed by atoms with Gasteiger partial charge in [0.25, 0.3) is 5.91 Å². The van der Waals surface area contributed by atoms with Gasteiger partial charge in [-0.05, 0) is 18.6 Å². The highest BCUT2D eigenvalue weighted by Crippen LogP contribution is 2.36. The molecule has 1 aliphatic heterocycles. The topological polar surface area (TPSA) is 70.6 Å². The van der Waals surface area contributed by atoms with Crippen molar-refractivity contribution in [1.29, 1.82) is 0 Å². The summed E-state index contributed by atoms with van der Waals surface area (Å²) in [6, 6.07) is 3.39. The van der Waals surface area contributed by atoms with E-state index >= 15 is 0 Å². The van der Waals surface area contributed by atoms with Gasteiger partial charge in [0.15, 0.2) is 12.5 Å². The highest BCUT2D eigenvalue weighted by Gasteiger charge is 2.22. The average Bonchev–Trinajstić information content (AvgIpc) is 2.33. The molecule has 0 unspecified atom stereocenters. The number of rotatable bonds is 4. The van der Waals surface area contributed by atoms with Crippen molar-refractivity contribution in [2.45, 2.75) is 6.42 Å². The van der Waals surface area contributed by atoms with Gasteiger partial charge in [0.1, 0.15) is 5.02 Å². The van der Waals surface area contributed by atoms with Crippen LogP contribution in [0.3, 0.4) is 0 Å². The molecule has 0 spiro atoms. The second-order valence-corrected chi connectivity index (χ2v) is 3.98. The predicted octanol–water partition coefficient (Wildman–Crippen LogP) is 1.21. The number of amides is 1. The zero-order chi connectivity index (χ0) is 12.3. The van der Waals surface area contributed by atoms with Crippen molar-refractivity contribution in [3.63, 3.8) is 0 Å². The van der Waals surface area contributed by atoms with Gasteiger partial charge in [-0.1, -0.05) is 11.6 Å².